The third-order valence-electron chi connectivity index (χ3n) is 2.61. The van der Waals surface area contributed by atoms with Gasteiger partial charge in [-0.1, -0.05) is 41.9 Å². The van der Waals surface area contributed by atoms with Crippen molar-refractivity contribution in [1.29, 1.82) is 0 Å². The first-order chi connectivity index (χ1) is 9.22. The quantitative estimate of drug-likeness (QED) is 0.854. The van der Waals surface area contributed by atoms with Gasteiger partial charge < -0.3 is 10.5 Å². The van der Waals surface area contributed by atoms with E-state index in [-0.39, 0.29) is 5.78 Å². The normalized spacial score (nSPS) is 10.2. The summed E-state index contributed by atoms with van der Waals surface area (Å²) in [6.45, 7) is 0.812. The van der Waals surface area contributed by atoms with Gasteiger partial charge in [0.15, 0.2) is 5.78 Å². The number of rotatable bonds is 5. The standard InChI is InChI=1S/C15H14ClNO2/c16-13-10-12(6-7-14(13)19-9-8-17)15(18)11-4-2-1-3-5-11/h1-7,10H,8-9,17H2. The van der Waals surface area contributed by atoms with Gasteiger partial charge in [0.2, 0.25) is 0 Å². The molecule has 0 fully saturated rings. The Labute approximate surface area is 117 Å². The predicted octanol–water partition coefficient (Wildman–Crippen LogP) is 2.91. The molecule has 0 saturated carbocycles. The summed E-state index contributed by atoms with van der Waals surface area (Å²) in [6, 6.07) is 14.1. The average Bonchev–Trinajstić information content (AvgIpc) is 2.46. The molecular formula is C15H14ClNO2. The van der Waals surface area contributed by atoms with Crippen molar-refractivity contribution in [3.63, 3.8) is 0 Å². The van der Waals surface area contributed by atoms with E-state index in [9.17, 15) is 4.79 Å². The van der Waals surface area contributed by atoms with Gasteiger partial charge in [0, 0.05) is 17.7 Å². The number of nitrogens with two attached hydrogens (primary N) is 1. The Balaban J connectivity index is 2.22. The molecule has 0 amide bonds. The Morgan fingerprint density at radius 2 is 1.84 bits per heavy atom. The molecule has 0 atom stereocenters. The molecule has 0 heterocycles. The van der Waals surface area contributed by atoms with E-state index in [0.717, 1.165) is 0 Å². The smallest absolute Gasteiger partial charge is 0.193 e. The average molecular weight is 276 g/mol. The Hall–Kier alpha value is -1.84. The van der Waals surface area contributed by atoms with Crippen LogP contribution in [0.15, 0.2) is 48.5 Å². The van der Waals surface area contributed by atoms with Gasteiger partial charge >= 0.3 is 0 Å². The number of carbonyl (C=O) groups excluding carboxylic acids is 1. The summed E-state index contributed by atoms with van der Waals surface area (Å²) in [5, 5.41) is 0.412. The number of carbonyl (C=O) groups is 1. The summed E-state index contributed by atoms with van der Waals surface area (Å²) < 4.78 is 5.36. The number of hydrogen-bond donors (Lipinski definition) is 1. The van der Waals surface area contributed by atoms with Crippen LogP contribution in [0.5, 0.6) is 5.75 Å². The van der Waals surface area contributed by atoms with Crippen LogP contribution in [0.3, 0.4) is 0 Å². The lowest BCUT2D eigenvalue weighted by molar-refractivity contribution is 0.103. The van der Waals surface area contributed by atoms with Crippen LogP contribution < -0.4 is 10.5 Å². The molecule has 0 radical (unpaired) electrons. The molecule has 0 aliphatic heterocycles. The van der Waals surface area contributed by atoms with Crippen molar-refractivity contribution < 1.29 is 9.53 Å². The zero-order chi connectivity index (χ0) is 13.7. The van der Waals surface area contributed by atoms with Crippen molar-refractivity contribution in [2.75, 3.05) is 13.2 Å². The minimum absolute atomic E-state index is 0.0622. The van der Waals surface area contributed by atoms with E-state index in [0.29, 0.717) is 35.1 Å². The zero-order valence-corrected chi connectivity index (χ0v) is 11.1. The topological polar surface area (TPSA) is 52.3 Å². The number of ether oxygens (including phenoxy) is 1. The van der Waals surface area contributed by atoms with Gasteiger partial charge in [0.1, 0.15) is 12.4 Å². The number of hydrogen-bond acceptors (Lipinski definition) is 3. The van der Waals surface area contributed by atoms with Crippen LogP contribution in [0.1, 0.15) is 15.9 Å². The van der Waals surface area contributed by atoms with E-state index in [1.807, 2.05) is 18.2 Å². The molecule has 3 nitrogen and oxygen atoms in total. The molecule has 0 saturated heterocycles. The fraction of sp³-hybridized carbons (Fsp3) is 0.133. The molecule has 98 valence electrons. The van der Waals surface area contributed by atoms with Gasteiger partial charge in [0.05, 0.1) is 5.02 Å². The second-order valence-corrected chi connectivity index (χ2v) is 4.38. The molecule has 19 heavy (non-hydrogen) atoms. The molecule has 4 heteroatoms. The molecule has 0 bridgehead atoms. The van der Waals surface area contributed by atoms with Crippen LogP contribution in [0.25, 0.3) is 0 Å². The highest BCUT2D eigenvalue weighted by Gasteiger charge is 2.11. The van der Waals surface area contributed by atoms with Crippen molar-refractivity contribution in [2.45, 2.75) is 0 Å². The highest BCUT2D eigenvalue weighted by molar-refractivity contribution is 6.32. The first-order valence-electron chi connectivity index (χ1n) is 5.94. The second-order valence-electron chi connectivity index (χ2n) is 3.98. The van der Waals surface area contributed by atoms with Gasteiger partial charge in [-0.2, -0.15) is 0 Å². The van der Waals surface area contributed by atoms with Gasteiger partial charge in [-0.25, -0.2) is 0 Å². The summed E-state index contributed by atoms with van der Waals surface area (Å²) in [5.74, 6) is 0.476. The van der Waals surface area contributed by atoms with Crippen LogP contribution in [0.2, 0.25) is 5.02 Å². The molecule has 0 spiro atoms. The van der Waals surface area contributed by atoms with Crippen molar-refractivity contribution in [2.24, 2.45) is 5.73 Å². The van der Waals surface area contributed by atoms with E-state index in [1.165, 1.54) is 0 Å². The van der Waals surface area contributed by atoms with E-state index >= 15 is 0 Å². The van der Waals surface area contributed by atoms with Gasteiger partial charge in [0.25, 0.3) is 0 Å². The maximum Gasteiger partial charge on any atom is 0.193 e. The minimum Gasteiger partial charge on any atom is -0.491 e. The Morgan fingerprint density at radius 3 is 2.47 bits per heavy atom. The van der Waals surface area contributed by atoms with Gasteiger partial charge in [-0.15, -0.1) is 0 Å². The monoisotopic (exact) mass is 275 g/mol. The summed E-state index contributed by atoms with van der Waals surface area (Å²) in [4.78, 5) is 12.2. The van der Waals surface area contributed by atoms with Gasteiger partial charge in [-0.05, 0) is 18.2 Å². The summed E-state index contributed by atoms with van der Waals surface area (Å²) in [5.41, 5.74) is 6.53. The second kappa shape index (κ2) is 6.36. The molecule has 2 rings (SSSR count). The largest absolute Gasteiger partial charge is 0.491 e. The lowest BCUT2D eigenvalue weighted by Gasteiger charge is -2.08. The SMILES string of the molecule is NCCOc1ccc(C(=O)c2ccccc2)cc1Cl. The number of ketones is 1. The van der Waals surface area contributed by atoms with E-state index < -0.39 is 0 Å². The van der Waals surface area contributed by atoms with Crippen LogP contribution in [-0.4, -0.2) is 18.9 Å². The fourth-order valence-corrected chi connectivity index (χ4v) is 1.92. The first kappa shape index (κ1) is 13.6. The molecule has 2 aromatic carbocycles. The minimum atomic E-state index is -0.0622. The highest BCUT2D eigenvalue weighted by Crippen LogP contribution is 2.26. The maximum atomic E-state index is 12.2. The van der Waals surface area contributed by atoms with Crippen LogP contribution in [0, 0.1) is 0 Å². The maximum absolute atomic E-state index is 12.2. The number of benzene rings is 2. The van der Waals surface area contributed by atoms with Crippen LogP contribution >= 0.6 is 11.6 Å². The van der Waals surface area contributed by atoms with E-state index in [2.05, 4.69) is 0 Å². The molecule has 0 aliphatic carbocycles. The van der Waals surface area contributed by atoms with Crippen molar-refractivity contribution in [3.8, 4) is 5.75 Å². The summed E-state index contributed by atoms with van der Waals surface area (Å²) in [6.07, 6.45) is 0. The molecular weight excluding hydrogens is 262 g/mol. The van der Waals surface area contributed by atoms with E-state index in [4.69, 9.17) is 22.1 Å². The lowest BCUT2D eigenvalue weighted by Crippen LogP contribution is -2.11. The molecule has 2 aromatic rings. The Bertz CT molecular complexity index is 570. The lowest BCUT2D eigenvalue weighted by atomic mass is 10.0. The predicted molar refractivity (Wildman–Crippen MR) is 75.9 cm³/mol. The van der Waals surface area contributed by atoms with Crippen LogP contribution in [-0.2, 0) is 0 Å². The van der Waals surface area contributed by atoms with E-state index in [1.54, 1.807) is 30.3 Å². The van der Waals surface area contributed by atoms with Crippen LogP contribution in [0.4, 0.5) is 0 Å². The Morgan fingerprint density at radius 1 is 1.11 bits per heavy atom. The molecule has 0 aromatic heterocycles. The molecule has 2 N–H and O–H groups in total. The Kier molecular flexibility index (Phi) is 4.55. The zero-order valence-electron chi connectivity index (χ0n) is 10.3. The van der Waals surface area contributed by atoms with Crippen molar-refractivity contribution in [3.05, 3.63) is 64.7 Å². The number of halogens is 1. The van der Waals surface area contributed by atoms with Crippen molar-refractivity contribution in [1.82, 2.24) is 0 Å². The third kappa shape index (κ3) is 3.34. The highest BCUT2D eigenvalue weighted by atomic mass is 35.5. The van der Waals surface area contributed by atoms with Gasteiger partial charge in [-0.3, -0.25) is 4.79 Å². The molecule has 0 aliphatic rings. The van der Waals surface area contributed by atoms with Crippen molar-refractivity contribution >= 4 is 17.4 Å². The third-order valence-corrected chi connectivity index (χ3v) is 2.90. The molecule has 0 unspecified atom stereocenters. The first-order valence-corrected chi connectivity index (χ1v) is 6.32. The fourth-order valence-electron chi connectivity index (χ4n) is 1.68. The summed E-state index contributed by atoms with van der Waals surface area (Å²) in [7, 11) is 0. The summed E-state index contributed by atoms with van der Waals surface area (Å²) >= 11 is 6.08.